The minimum Gasteiger partial charge on any atom is -0.340 e. The van der Waals surface area contributed by atoms with Gasteiger partial charge in [-0.15, -0.1) is 0 Å². The zero-order chi connectivity index (χ0) is 8.97. The molecule has 1 aliphatic rings. The summed E-state index contributed by atoms with van der Waals surface area (Å²) in [6, 6.07) is 1.59. The topological polar surface area (TPSA) is 52.9 Å². The molecule has 12 heavy (non-hydrogen) atoms. The fourth-order valence-corrected chi connectivity index (χ4v) is 1.19. The lowest BCUT2D eigenvalue weighted by Crippen LogP contribution is -2.35. The first-order chi connectivity index (χ1) is 5.74. The molecule has 64 valence electrons. The first-order valence-electron chi connectivity index (χ1n) is 4.09. The number of allylic oxidation sites excluding steroid dienone is 2. The number of nitrogens with zero attached hydrogens (tertiary/aromatic N) is 1. The molecule has 3 heteroatoms. The van der Waals surface area contributed by atoms with Crippen molar-refractivity contribution in [2.45, 2.75) is 25.8 Å². The van der Waals surface area contributed by atoms with Crippen molar-refractivity contribution in [2.75, 3.05) is 0 Å². The number of hydrogen-bond acceptors (Lipinski definition) is 2. The molecule has 1 amide bonds. The van der Waals surface area contributed by atoms with Gasteiger partial charge in [0.05, 0.1) is 6.07 Å². The Kier molecular flexibility index (Phi) is 2.87. The second-order valence-corrected chi connectivity index (χ2v) is 3.00. The van der Waals surface area contributed by atoms with Gasteiger partial charge in [-0.05, 0) is 19.8 Å². The maximum absolute atomic E-state index is 11.3. The van der Waals surface area contributed by atoms with E-state index in [4.69, 9.17) is 5.26 Å². The molecule has 0 saturated heterocycles. The lowest BCUT2D eigenvalue weighted by atomic mass is 10.1. The molecule has 0 spiro atoms. The first-order valence-corrected chi connectivity index (χ1v) is 4.09. The molecule has 3 nitrogen and oxygen atoms in total. The molecular formula is C9H12N2O. The van der Waals surface area contributed by atoms with E-state index in [-0.39, 0.29) is 17.9 Å². The lowest BCUT2D eigenvalue weighted by Gasteiger charge is -2.10. The average molecular weight is 164 g/mol. The fraction of sp³-hybridized carbons (Fsp3) is 0.556. The smallest absolute Gasteiger partial charge is 0.224 e. The highest BCUT2D eigenvalue weighted by Crippen LogP contribution is 2.17. The number of carbonyl (C=O) groups is 1. The van der Waals surface area contributed by atoms with Crippen molar-refractivity contribution in [2.24, 2.45) is 5.92 Å². The van der Waals surface area contributed by atoms with Gasteiger partial charge in [-0.2, -0.15) is 5.26 Å². The van der Waals surface area contributed by atoms with E-state index >= 15 is 0 Å². The predicted octanol–water partition coefficient (Wildman–Crippen LogP) is 0.981. The van der Waals surface area contributed by atoms with E-state index in [0.717, 1.165) is 12.8 Å². The highest BCUT2D eigenvalue weighted by atomic mass is 16.1. The van der Waals surface area contributed by atoms with Crippen LogP contribution in [0.25, 0.3) is 0 Å². The first kappa shape index (κ1) is 8.79. The van der Waals surface area contributed by atoms with E-state index in [1.807, 2.05) is 18.2 Å². The quantitative estimate of drug-likeness (QED) is 0.618. The number of nitrogens with one attached hydrogen (secondary N) is 1. The van der Waals surface area contributed by atoms with E-state index in [1.54, 1.807) is 6.92 Å². The summed E-state index contributed by atoms with van der Waals surface area (Å²) in [6.07, 6.45) is 5.62. The molecule has 1 rings (SSSR count). The van der Waals surface area contributed by atoms with Crippen LogP contribution in [0.4, 0.5) is 0 Å². The van der Waals surface area contributed by atoms with Gasteiger partial charge in [-0.3, -0.25) is 4.79 Å². The van der Waals surface area contributed by atoms with Crippen LogP contribution < -0.4 is 5.32 Å². The number of amides is 1. The highest BCUT2D eigenvalue weighted by molar-refractivity contribution is 5.80. The molecule has 1 atom stereocenters. The Morgan fingerprint density at radius 1 is 1.67 bits per heavy atom. The van der Waals surface area contributed by atoms with Crippen LogP contribution in [-0.4, -0.2) is 11.9 Å². The maximum atomic E-state index is 11.3. The summed E-state index contributed by atoms with van der Waals surface area (Å²) in [5, 5.41) is 11.1. The summed E-state index contributed by atoms with van der Waals surface area (Å²) in [4.78, 5) is 11.3. The SMILES string of the molecule is C[C@@H](C#N)NC(=O)C1CC=CC1. The number of hydrogen-bond donors (Lipinski definition) is 1. The van der Waals surface area contributed by atoms with E-state index in [0.29, 0.717) is 0 Å². The molecule has 0 aromatic carbocycles. The maximum Gasteiger partial charge on any atom is 0.224 e. The van der Waals surface area contributed by atoms with Gasteiger partial charge in [0, 0.05) is 5.92 Å². The third-order valence-electron chi connectivity index (χ3n) is 1.93. The lowest BCUT2D eigenvalue weighted by molar-refractivity contribution is -0.124. The molecule has 0 aromatic heterocycles. The molecule has 0 unspecified atom stereocenters. The van der Waals surface area contributed by atoms with Crippen LogP contribution in [0.1, 0.15) is 19.8 Å². The number of nitriles is 1. The summed E-state index contributed by atoms with van der Waals surface area (Å²) in [5.41, 5.74) is 0. The fourth-order valence-electron chi connectivity index (χ4n) is 1.19. The average Bonchev–Trinajstić information content (AvgIpc) is 2.56. The van der Waals surface area contributed by atoms with Gasteiger partial charge in [-0.1, -0.05) is 12.2 Å². The molecule has 1 aliphatic carbocycles. The van der Waals surface area contributed by atoms with Crippen LogP contribution in [-0.2, 0) is 4.79 Å². The Bertz CT molecular complexity index is 231. The van der Waals surface area contributed by atoms with Crippen molar-refractivity contribution in [1.29, 1.82) is 5.26 Å². The highest BCUT2D eigenvalue weighted by Gasteiger charge is 2.19. The Balaban J connectivity index is 2.34. The summed E-state index contributed by atoms with van der Waals surface area (Å²) in [7, 11) is 0. The van der Waals surface area contributed by atoms with Crippen LogP contribution >= 0.6 is 0 Å². The monoisotopic (exact) mass is 164 g/mol. The third kappa shape index (κ3) is 2.09. The van der Waals surface area contributed by atoms with Crippen molar-refractivity contribution < 1.29 is 4.79 Å². The Hall–Kier alpha value is -1.30. The summed E-state index contributed by atoms with van der Waals surface area (Å²) in [6.45, 7) is 1.68. The Morgan fingerprint density at radius 3 is 2.75 bits per heavy atom. The molecular weight excluding hydrogens is 152 g/mol. The summed E-state index contributed by atoms with van der Waals surface area (Å²) >= 11 is 0. The molecule has 0 radical (unpaired) electrons. The van der Waals surface area contributed by atoms with Crippen molar-refractivity contribution in [3.63, 3.8) is 0 Å². The van der Waals surface area contributed by atoms with Gasteiger partial charge in [-0.25, -0.2) is 0 Å². The predicted molar refractivity (Wildman–Crippen MR) is 45.1 cm³/mol. The van der Waals surface area contributed by atoms with E-state index in [2.05, 4.69) is 5.32 Å². The molecule has 0 aromatic rings. The van der Waals surface area contributed by atoms with Crippen molar-refractivity contribution >= 4 is 5.91 Å². The molecule has 0 heterocycles. The summed E-state index contributed by atoms with van der Waals surface area (Å²) in [5.74, 6) is 0.0508. The largest absolute Gasteiger partial charge is 0.340 e. The minimum absolute atomic E-state index is 0.00551. The molecule has 0 fully saturated rings. The van der Waals surface area contributed by atoms with Gasteiger partial charge in [0.25, 0.3) is 0 Å². The normalized spacial score (nSPS) is 18.7. The molecule has 0 aliphatic heterocycles. The minimum atomic E-state index is -0.377. The van der Waals surface area contributed by atoms with Gasteiger partial charge < -0.3 is 5.32 Å². The second-order valence-electron chi connectivity index (χ2n) is 3.00. The van der Waals surface area contributed by atoms with Crippen LogP contribution in [0.5, 0.6) is 0 Å². The van der Waals surface area contributed by atoms with Gasteiger partial charge in [0.2, 0.25) is 5.91 Å². The van der Waals surface area contributed by atoms with E-state index in [9.17, 15) is 4.79 Å². The van der Waals surface area contributed by atoms with Crippen LogP contribution in [0.15, 0.2) is 12.2 Å². The van der Waals surface area contributed by atoms with Crippen molar-refractivity contribution in [1.82, 2.24) is 5.32 Å². The molecule has 0 bridgehead atoms. The van der Waals surface area contributed by atoms with Gasteiger partial charge >= 0.3 is 0 Å². The third-order valence-corrected chi connectivity index (χ3v) is 1.93. The van der Waals surface area contributed by atoms with Crippen LogP contribution in [0, 0.1) is 17.2 Å². The van der Waals surface area contributed by atoms with Crippen molar-refractivity contribution in [3.05, 3.63) is 12.2 Å². The summed E-state index contributed by atoms with van der Waals surface area (Å²) < 4.78 is 0. The van der Waals surface area contributed by atoms with Crippen molar-refractivity contribution in [3.8, 4) is 6.07 Å². The van der Waals surface area contributed by atoms with Gasteiger partial charge in [0.15, 0.2) is 0 Å². The zero-order valence-electron chi connectivity index (χ0n) is 7.08. The second kappa shape index (κ2) is 3.91. The van der Waals surface area contributed by atoms with Gasteiger partial charge in [0.1, 0.15) is 6.04 Å². The Morgan fingerprint density at radius 2 is 2.25 bits per heavy atom. The molecule has 0 saturated carbocycles. The zero-order valence-corrected chi connectivity index (χ0v) is 7.08. The molecule has 1 N–H and O–H groups in total. The van der Waals surface area contributed by atoms with Crippen LogP contribution in [0.3, 0.4) is 0 Å². The Labute approximate surface area is 72.1 Å². The standard InChI is InChI=1S/C9H12N2O/c1-7(6-10)11-9(12)8-4-2-3-5-8/h2-3,7-8H,4-5H2,1H3,(H,11,12)/t7-/m0/s1. The van der Waals surface area contributed by atoms with E-state index in [1.165, 1.54) is 0 Å². The van der Waals surface area contributed by atoms with E-state index < -0.39 is 0 Å². The van der Waals surface area contributed by atoms with Crippen LogP contribution in [0.2, 0.25) is 0 Å². The number of carbonyl (C=O) groups excluding carboxylic acids is 1. The number of rotatable bonds is 2.